The van der Waals surface area contributed by atoms with Gasteiger partial charge < -0.3 is 11.1 Å². The Labute approximate surface area is 110 Å². The van der Waals surface area contributed by atoms with Gasteiger partial charge in [0.2, 0.25) is 0 Å². The summed E-state index contributed by atoms with van der Waals surface area (Å²) in [6, 6.07) is 5.50. The van der Waals surface area contributed by atoms with Gasteiger partial charge in [-0.15, -0.1) is 11.3 Å². The Morgan fingerprint density at radius 2 is 2.28 bits per heavy atom. The first-order valence-corrected chi connectivity index (χ1v) is 6.52. The number of nitrogens with one attached hydrogen (secondary N) is 1. The largest absolute Gasteiger partial charge is 0.398 e. The number of benzene rings is 1. The lowest BCUT2D eigenvalue weighted by molar-refractivity contribution is 0.101. The van der Waals surface area contributed by atoms with Gasteiger partial charge in [-0.2, -0.15) is 0 Å². The van der Waals surface area contributed by atoms with Crippen molar-refractivity contribution < 1.29 is 4.79 Å². The molecule has 0 aliphatic rings. The monoisotopic (exact) mass is 261 g/mol. The van der Waals surface area contributed by atoms with Crippen molar-refractivity contribution in [2.24, 2.45) is 0 Å². The number of ketones is 1. The van der Waals surface area contributed by atoms with Crippen LogP contribution in [-0.2, 0) is 0 Å². The molecule has 0 fully saturated rings. The van der Waals surface area contributed by atoms with Crippen molar-refractivity contribution in [1.29, 1.82) is 0 Å². The number of carbonyl (C=O) groups is 1. The predicted molar refractivity (Wildman–Crippen MR) is 75.0 cm³/mol. The summed E-state index contributed by atoms with van der Waals surface area (Å²) < 4.78 is 0. The van der Waals surface area contributed by atoms with E-state index in [1.807, 2.05) is 18.4 Å². The first kappa shape index (κ1) is 12.6. The first-order chi connectivity index (χ1) is 8.58. The fourth-order valence-corrected chi connectivity index (χ4v) is 2.38. The number of hydrogen-bond acceptors (Lipinski definition) is 5. The van der Waals surface area contributed by atoms with Gasteiger partial charge in [-0.3, -0.25) is 4.79 Å². The average molecular weight is 261 g/mol. The second-order valence-corrected chi connectivity index (χ2v) is 5.02. The number of nitrogens with zero attached hydrogens (tertiary/aromatic N) is 1. The molecule has 0 saturated carbocycles. The number of nitrogen functional groups attached to an aromatic ring is 1. The zero-order chi connectivity index (χ0) is 13.1. The van der Waals surface area contributed by atoms with Crippen LogP contribution in [0, 0.1) is 0 Å². The highest BCUT2D eigenvalue weighted by Crippen LogP contribution is 2.24. The van der Waals surface area contributed by atoms with E-state index < -0.39 is 0 Å². The molecule has 1 atom stereocenters. The Balaban J connectivity index is 2.15. The van der Waals surface area contributed by atoms with Crippen LogP contribution in [0.5, 0.6) is 0 Å². The average Bonchev–Trinajstić information content (AvgIpc) is 2.81. The molecule has 0 spiro atoms. The molecule has 2 rings (SSSR count). The molecule has 0 aliphatic heterocycles. The normalized spacial score (nSPS) is 12.1. The van der Waals surface area contributed by atoms with E-state index in [0.29, 0.717) is 11.3 Å². The molecule has 1 aromatic carbocycles. The lowest BCUT2D eigenvalue weighted by Crippen LogP contribution is -2.07. The van der Waals surface area contributed by atoms with Gasteiger partial charge in [0.05, 0.1) is 6.04 Å². The first-order valence-electron chi connectivity index (χ1n) is 5.64. The van der Waals surface area contributed by atoms with Crippen LogP contribution in [0.15, 0.2) is 29.8 Å². The molecule has 1 aromatic heterocycles. The summed E-state index contributed by atoms with van der Waals surface area (Å²) in [6.07, 6.45) is 1.78. The van der Waals surface area contributed by atoms with Crippen LogP contribution in [0.3, 0.4) is 0 Å². The number of thiazole rings is 1. The van der Waals surface area contributed by atoms with Gasteiger partial charge in [0.15, 0.2) is 5.78 Å². The highest BCUT2D eigenvalue weighted by atomic mass is 32.1. The molecule has 0 saturated heterocycles. The van der Waals surface area contributed by atoms with E-state index >= 15 is 0 Å². The summed E-state index contributed by atoms with van der Waals surface area (Å²) >= 11 is 1.60. The minimum Gasteiger partial charge on any atom is -0.398 e. The highest BCUT2D eigenvalue weighted by molar-refractivity contribution is 7.09. The second kappa shape index (κ2) is 5.18. The summed E-state index contributed by atoms with van der Waals surface area (Å²) in [5.41, 5.74) is 7.79. The Kier molecular flexibility index (Phi) is 3.62. The number of rotatable bonds is 4. The minimum absolute atomic E-state index is 0.0213. The molecule has 2 aromatic rings. The number of carbonyl (C=O) groups excluding carboxylic acids is 1. The number of aromatic nitrogens is 1. The summed E-state index contributed by atoms with van der Waals surface area (Å²) in [7, 11) is 0. The Morgan fingerprint density at radius 3 is 2.83 bits per heavy atom. The van der Waals surface area contributed by atoms with Crippen molar-refractivity contribution >= 4 is 28.5 Å². The molecular formula is C13H15N3OS. The van der Waals surface area contributed by atoms with Gasteiger partial charge in [-0.1, -0.05) is 0 Å². The highest BCUT2D eigenvalue weighted by Gasteiger charge is 2.10. The molecule has 4 nitrogen and oxygen atoms in total. The molecule has 94 valence electrons. The molecule has 0 bridgehead atoms. The maximum absolute atomic E-state index is 11.3. The van der Waals surface area contributed by atoms with Crippen LogP contribution < -0.4 is 11.1 Å². The third-order valence-electron chi connectivity index (χ3n) is 2.64. The van der Waals surface area contributed by atoms with Crippen molar-refractivity contribution in [3.05, 3.63) is 40.3 Å². The summed E-state index contributed by atoms with van der Waals surface area (Å²) in [4.78, 5) is 15.5. The van der Waals surface area contributed by atoms with Crippen LogP contribution in [0.1, 0.15) is 35.3 Å². The maximum atomic E-state index is 11.3. The van der Waals surface area contributed by atoms with E-state index in [1.165, 1.54) is 6.92 Å². The minimum atomic E-state index is -0.0213. The fraction of sp³-hybridized carbons (Fsp3) is 0.231. The second-order valence-electron chi connectivity index (χ2n) is 4.09. The Hall–Kier alpha value is -1.88. The van der Waals surface area contributed by atoms with Crippen molar-refractivity contribution in [2.45, 2.75) is 19.9 Å². The number of nitrogens with two attached hydrogens (primary N) is 1. The van der Waals surface area contributed by atoms with Crippen LogP contribution in [0.4, 0.5) is 11.4 Å². The van der Waals surface area contributed by atoms with Crippen LogP contribution >= 0.6 is 11.3 Å². The molecule has 5 heteroatoms. The molecule has 0 aliphatic carbocycles. The SMILES string of the molecule is CC(=O)c1ccc(NC(C)c2nccs2)cc1N. The molecular weight excluding hydrogens is 246 g/mol. The van der Waals surface area contributed by atoms with Gasteiger partial charge >= 0.3 is 0 Å². The van der Waals surface area contributed by atoms with Crippen molar-refractivity contribution in [1.82, 2.24) is 4.98 Å². The van der Waals surface area contributed by atoms with Gasteiger partial charge in [0, 0.05) is 28.5 Å². The van der Waals surface area contributed by atoms with Gasteiger partial charge in [0.25, 0.3) is 0 Å². The van der Waals surface area contributed by atoms with Crippen molar-refractivity contribution in [3.8, 4) is 0 Å². The summed E-state index contributed by atoms with van der Waals surface area (Å²) in [5, 5.41) is 6.27. The van der Waals surface area contributed by atoms with Crippen LogP contribution in [0.25, 0.3) is 0 Å². The Bertz CT molecular complexity index is 551. The molecule has 18 heavy (non-hydrogen) atoms. The van der Waals surface area contributed by atoms with E-state index in [-0.39, 0.29) is 11.8 Å². The fourth-order valence-electron chi connectivity index (χ4n) is 1.73. The number of anilines is 2. The lowest BCUT2D eigenvalue weighted by Gasteiger charge is -2.14. The molecule has 0 radical (unpaired) electrons. The molecule has 0 amide bonds. The quantitative estimate of drug-likeness (QED) is 0.655. The summed E-state index contributed by atoms with van der Waals surface area (Å²) in [5.74, 6) is -0.0213. The van der Waals surface area contributed by atoms with Gasteiger partial charge in [-0.25, -0.2) is 4.98 Å². The smallest absolute Gasteiger partial charge is 0.161 e. The Morgan fingerprint density at radius 1 is 1.50 bits per heavy atom. The van der Waals surface area contributed by atoms with Gasteiger partial charge in [0.1, 0.15) is 5.01 Å². The zero-order valence-electron chi connectivity index (χ0n) is 10.3. The van der Waals surface area contributed by atoms with Crippen LogP contribution in [-0.4, -0.2) is 10.8 Å². The lowest BCUT2D eigenvalue weighted by atomic mass is 10.1. The number of Topliss-reactive ketones (excluding diaryl/α,β-unsaturated/α-hetero) is 1. The topological polar surface area (TPSA) is 68.0 Å². The molecule has 1 heterocycles. The molecule has 1 unspecified atom stereocenters. The standard InChI is InChI=1S/C13H15N3OS/c1-8(13-15-5-6-18-13)16-10-3-4-11(9(2)17)12(14)7-10/h3-8,16H,14H2,1-2H3. The van der Waals surface area contributed by atoms with Crippen LogP contribution in [0.2, 0.25) is 0 Å². The van der Waals surface area contributed by atoms with Gasteiger partial charge in [-0.05, 0) is 32.0 Å². The van der Waals surface area contributed by atoms with E-state index in [1.54, 1.807) is 29.7 Å². The third-order valence-corrected chi connectivity index (χ3v) is 3.59. The van der Waals surface area contributed by atoms with E-state index in [9.17, 15) is 4.79 Å². The maximum Gasteiger partial charge on any atom is 0.161 e. The molecule has 3 N–H and O–H groups in total. The van der Waals surface area contributed by atoms with E-state index in [4.69, 9.17) is 5.73 Å². The number of hydrogen-bond donors (Lipinski definition) is 2. The zero-order valence-corrected chi connectivity index (χ0v) is 11.1. The van der Waals surface area contributed by atoms with Crippen molar-refractivity contribution in [3.63, 3.8) is 0 Å². The predicted octanol–water partition coefficient (Wildman–Crippen LogP) is 3.10. The summed E-state index contributed by atoms with van der Waals surface area (Å²) in [6.45, 7) is 3.55. The van der Waals surface area contributed by atoms with E-state index in [0.717, 1.165) is 10.7 Å². The van der Waals surface area contributed by atoms with Crippen molar-refractivity contribution in [2.75, 3.05) is 11.1 Å². The van der Waals surface area contributed by atoms with E-state index in [2.05, 4.69) is 10.3 Å². The third kappa shape index (κ3) is 2.68.